The largest absolute Gasteiger partial charge is 0.497 e. The number of fused-ring (bicyclic) bond motifs is 1. The van der Waals surface area contributed by atoms with E-state index in [4.69, 9.17) is 9.47 Å². The standard InChI is InChI=1S/C22H23N5O5/c1-4-13-5-7-14(8-6-13)27-21(29)19-20(22(27)30)26(25-24-19)12-18(28)23-16-10-9-15(31-2)11-17(16)32-3/h5-11,19-20H,4,12H2,1-3H3,(H,23,28)/t19-,20-/m1/s1. The molecule has 166 valence electrons. The second-order valence-corrected chi connectivity index (χ2v) is 7.34. The molecular formula is C22H23N5O5. The molecular weight excluding hydrogens is 414 g/mol. The number of carbonyl (C=O) groups is 3. The maximum absolute atomic E-state index is 13.1. The lowest BCUT2D eigenvalue weighted by atomic mass is 10.1. The van der Waals surface area contributed by atoms with E-state index in [1.165, 1.54) is 19.2 Å². The quantitative estimate of drug-likeness (QED) is 0.665. The van der Waals surface area contributed by atoms with Crippen LogP contribution in [0.2, 0.25) is 0 Å². The van der Waals surface area contributed by atoms with Crippen molar-refractivity contribution in [3.05, 3.63) is 48.0 Å². The molecule has 2 aromatic rings. The van der Waals surface area contributed by atoms with Crippen molar-refractivity contribution >= 4 is 29.1 Å². The zero-order valence-electron chi connectivity index (χ0n) is 17.9. The number of ether oxygens (including phenoxy) is 2. The van der Waals surface area contributed by atoms with E-state index >= 15 is 0 Å². The number of hydrogen-bond acceptors (Lipinski definition) is 8. The van der Waals surface area contributed by atoms with Crippen LogP contribution in [0, 0.1) is 0 Å². The van der Waals surface area contributed by atoms with Crippen LogP contribution in [0.25, 0.3) is 0 Å². The minimum atomic E-state index is -0.961. The Labute approximate surface area is 184 Å². The fraction of sp³-hybridized carbons (Fsp3) is 0.318. The van der Waals surface area contributed by atoms with E-state index in [0.29, 0.717) is 22.9 Å². The Hall–Kier alpha value is -3.95. The average Bonchev–Trinajstić information content (AvgIpc) is 3.33. The Morgan fingerprint density at radius 2 is 1.81 bits per heavy atom. The minimum Gasteiger partial charge on any atom is -0.497 e. The second-order valence-electron chi connectivity index (χ2n) is 7.34. The molecule has 2 atom stereocenters. The number of rotatable bonds is 7. The van der Waals surface area contributed by atoms with E-state index in [0.717, 1.165) is 16.9 Å². The molecule has 10 heteroatoms. The van der Waals surface area contributed by atoms with Crippen molar-refractivity contribution in [3.8, 4) is 11.5 Å². The van der Waals surface area contributed by atoms with Gasteiger partial charge >= 0.3 is 0 Å². The number of aryl methyl sites for hydroxylation is 1. The number of imide groups is 1. The Bertz CT molecular complexity index is 1080. The summed E-state index contributed by atoms with van der Waals surface area (Å²) in [7, 11) is 3.01. The highest BCUT2D eigenvalue weighted by Gasteiger charge is 2.55. The number of nitrogens with one attached hydrogen (secondary N) is 1. The van der Waals surface area contributed by atoms with E-state index in [-0.39, 0.29) is 6.54 Å². The van der Waals surface area contributed by atoms with Gasteiger partial charge in [0.2, 0.25) is 5.91 Å². The van der Waals surface area contributed by atoms with E-state index in [9.17, 15) is 14.4 Å². The smallest absolute Gasteiger partial charge is 0.263 e. The molecule has 0 radical (unpaired) electrons. The minimum absolute atomic E-state index is 0.249. The molecule has 0 saturated carbocycles. The third-order valence-corrected chi connectivity index (χ3v) is 5.45. The third-order valence-electron chi connectivity index (χ3n) is 5.45. The van der Waals surface area contributed by atoms with Crippen molar-refractivity contribution in [1.82, 2.24) is 5.01 Å². The topological polar surface area (TPSA) is 113 Å². The fourth-order valence-corrected chi connectivity index (χ4v) is 3.73. The van der Waals surface area contributed by atoms with Crippen LogP contribution in [-0.4, -0.2) is 55.6 Å². The highest BCUT2D eigenvalue weighted by atomic mass is 16.5. The summed E-state index contributed by atoms with van der Waals surface area (Å²) in [5.41, 5.74) is 2.02. The zero-order chi connectivity index (χ0) is 22.8. The maximum Gasteiger partial charge on any atom is 0.263 e. The first kappa shape index (κ1) is 21.3. The molecule has 2 aliphatic heterocycles. The molecule has 1 fully saturated rings. The summed E-state index contributed by atoms with van der Waals surface area (Å²) in [5, 5.41) is 11.8. The van der Waals surface area contributed by atoms with Crippen LogP contribution in [0.4, 0.5) is 11.4 Å². The van der Waals surface area contributed by atoms with Gasteiger partial charge in [-0.3, -0.25) is 19.4 Å². The average molecular weight is 437 g/mol. The second kappa shape index (κ2) is 8.66. The molecule has 32 heavy (non-hydrogen) atoms. The third kappa shape index (κ3) is 3.75. The van der Waals surface area contributed by atoms with E-state index in [1.54, 1.807) is 30.3 Å². The lowest BCUT2D eigenvalue weighted by Gasteiger charge is -2.20. The summed E-state index contributed by atoms with van der Waals surface area (Å²) >= 11 is 0. The van der Waals surface area contributed by atoms with E-state index < -0.39 is 29.8 Å². The molecule has 3 amide bonds. The lowest BCUT2D eigenvalue weighted by Crippen LogP contribution is -2.43. The van der Waals surface area contributed by atoms with Gasteiger partial charge in [-0.05, 0) is 36.2 Å². The van der Waals surface area contributed by atoms with Crippen molar-refractivity contribution in [2.75, 3.05) is 31.0 Å². The molecule has 2 heterocycles. The summed E-state index contributed by atoms with van der Waals surface area (Å²) in [6.07, 6.45) is 0.851. The van der Waals surface area contributed by atoms with Crippen LogP contribution in [0.15, 0.2) is 52.8 Å². The number of hydrogen-bond donors (Lipinski definition) is 1. The Kier molecular flexibility index (Phi) is 5.76. The molecule has 0 aromatic heterocycles. The van der Waals surface area contributed by atoms with Gasteiger partial charge in [0.15, 0.2) is 12.1 Å². The molecule has 2 aromatic carbocycles. The lowest BCUT2D eigenvalue weighted by molar-refractivity contribution is -0.123. The summed E-state index contributed by atoms with van der Waals surface area (Å²) in [5.74, 6) is -0.332. The summed E-state index contributed by atoms with van der Waals surface area (Å²) < 4.78 is 10.4. The van der Waals surface area contributed by atoms with Gasteiger partial charge in [0.25, 0.3) is 11.8 Å². The van der Waals surface area contributed by atoms with Gasteiger partial charge in [0.05, 0.1) is 25.6 Å². The first-order chi connectivity index (χ1) is 15.5. The summed E-state index contributed by atoms with van der Waals surface area (Å²) in [6, 6.07) is 10.3. The first-order valence-electron chi connectivity index (χ1n) is 10.1. The van der Waals surface area contributed by atoms with Crippen molar-refractivity contribution in [1.29, 1.82) is 0 Å². The van der Waals surface area contributed by atoms with Gasteiger partial charge in [-0.25, -0.2) is 4.90 Å². The molecule has 0 aliphatic carbocycles. The Balaban J connectivity index is 1.47. The number of methoxy groups -OCH3 is 2. The van der Waals surface area contributed by atoms with Crippen molar-refractivity contribution < 1.29 is 23.9 Å². The predicted molar refractivity (Wildman–Crippen MR) is 116 cm³/mol. The highest BCUT2D eigenvalue weighted by Crippen LogP contribution is 2.32. The van der Waals surface area contributed by atoms with Gasteiger partial charge in [-0.2, -0.15) is 5.11 Å². The van der Waals surface area contributed by atoms with Gasteiger partial charge in [-0.1, -0.05) is 24.3 Å². The first-order valence-corrected chi connectivity index (χ1v) is 10.1. The van der Waals surface area contributed by atoms with Crippen LogP contribution < -0.4 is 19.7 Å². The molecule has 10 nitrogen and oxygen atoms in total. The van der Waals surface area contributed by atoms with Crippen molar-refractivity contribution in [2.45, 2.75) is 25.4 Å². The maximum atomic E-state index is 13.1. The van der Waals surface area contributed by atoms with E-state index in [2.05, 4.69) is 15.7 Å². The van der Waals surface area contributed by atoms with Crippen LogP contribution >= 0.6 is 0 Å². The van der Waals surface area contributed by atoms with Crippen molar-refractivity contribution in [3.63, 3.8) is 0 Å². The summed E-state index contributed by atoms with van der Waals surface area (Å²) in [4.78, 5) is 39.6. The van der Waals surface area contributed by atoms with Crippen LogP contribution in [0.5, 0.6) is 11.5 Å². The van der Waals surface area contributed by atoms with Gasteiger partial charge in [0.1, 0.15) is 18.0 Å². The van der Waals surface area contributed by atoms with E-state index in [1.807, 2.05) is 19.1 Å². The molecule has 4 rings (SSSR count). The number of amides is 3. The summed E-state index contributed by atoms with van der Waals surface area (Å²) in [6.45, 7) is 1.78. The molecule has 1 N–H and O–H groups in total. The number of anilines is 2. The van der Waals surface area contributed by atoms with Gasteiger partial charge in [-0.15, -0.1) is 0 Å². The normalized spacial score (nSPS) is 19.3. The molecule has 0 bridgehead atoms. The van der Waals surface area contributed by atoms with Crippen LogP contribution in [0.3, 0.4) is 0 Å². The molecule has 1 saturated heterocycles. The monoisotopic (exact) mass is 437 g/mol. The highest BCUT2D eigenvalue weighted by molar-refractivity contribution is 6.25. The van der Waals surface area contributed by atoms with Gasteiger partial charge in [0, 0.05) is 6.07 Å². The SMILES string of the molecule is CCc1ccc(N2C(=O)[C@@H]3N=NN(CC(=O)Nc4ccc(OC)cc4OC)[C@H]3C2=O)cc1. The Morgan fingerprint density at radius 1 is 1.06 bits per heavy atom. The van der Waals surface area contributed by atoms with Crippen LogP contribution in [-0.2, 0) is 20.8 Å². The molecule has 0 spiro atoms. The van der Waals surface area contributed by atoms with Gasteiger partial charge < -0.3 is 14.8 Å². The van der Waals surface area contributed by atoms with Crippen LogP contribution in [0.1, 0.15) is 12.5 Å². The number of nitrogens with zero attached hydrogens (tertiary/aromatic N) is 4. The Morgan fingerprint density at radius 3 is 2.47 bits per heavy atom. The predicted octanol–water partition coefficient (Wildman–Crippen LogP) is 2.20. The number of carbonyl (C=O) groups excluding carboxylic acids is 3. The zero-order valence-corrected chi connectivity index (χ0v) is 17.9. The molecule has 0 unspecified atom stereocenters. The van der Waals surface area contributed by atoms with Crippen molar-refractivity contribution in [2.24, 2.45) is 10.3 Å². The fourth-order valence-electron chi connectivity index (χ4n) is 3.73. The molecule has 2 aliphatic rings. The number of benzene rings is 2.